The summed E-state index contributed by atoms with van der Waals surface area (Å²) in [5.41, 5.74) is 4.47. The Morgan fingerprint density at radius 2 is 1.67 bits per heavy atom. The van der Waals surface area contributed by atoms with Crippen LogP contribution in [0.4, 0.5) is 0 Å². The molecule has 0 radical (unpaired) electrons. The maximum Gasteiger partial charge on any atom is 0.139 e. The third kappa shape index (κ3) is 3.09. The van der Waals surface area contributed by atoms with E-state index in [-0.39, 0.29) is 0 Å². The van der Waals surface area contributed by atoms with Crippen LogP contribution in [0.5, 0.6) is 0 Å². The Labute approximate surface area is 129 Å². The number of rotatable bonds is 3. The zero-order valence-corrected chi connectivity index (χ0v) is 12.7. The fourth-order valence-corrected chi connectivity index (χ4v) is 2.47. The molecule has 1 aromatic heterocycles. The van der Waals surface area contributed by atoms with E-state index < -0.39 is 0 Å². The second kappa shape index (κ2) is 6.02. The first-order valence-corrected chi connectivity index (χ1v) is 7.43. The van der Waals surface area contributed by atoms with Crippen LogP contribution >= 0.6 is 12.2 Å². The quantitative estimate of drug-likeness (QED) is 0.685. The maximum absolute atomic E-state index is 5.30. The third-order valence-electron chi connectivity index (χ3n) is 3.46. The number of benzene rings is 2. The molecule has 3 heteroatoms. The van der Waals surface area contributed by atoms with Gasteiger partial charge in [0.15, 0.2) is 0 Å². The summed E-state index contributed by atoms with van der Waals surface area (Å²) < 4.78 is 0.599. The van der Waals surface area contributed by atoms with Gasteiger partial charge in [-0.15, -0.1) is 0 Å². The van der Waals surface area contributed by atoms with Crippen molar-refractivity contribution in [3.05, 3.63) is 70.9 Å². The standard InChI is InChI=1S/C18H16N2S/c1-2-13-8-10-15(11-9-13)18-19-16(12-17(21)20-18)14-6-4-3-5-7-14/h3-12H,2H2,1H3,(H,19,20,21). The van der Waals surface area contributed by atoms with Crippen molar-refractivity contribution in [1.29, 1.82) is 0 Å². The van der Waals surface area contributed by atoms with E-state index >= 15 is 0 Å². The van der Waals surface area contributed by atoms with Crippen molar-refractivity contribution in [3.8, 4) is 22.6 Å². The van der Waals surface area contributed by atoms with Crippen LogP contribution in [-0.2, 0) is 6.42 Å². The summed E-state index contributed by atoms with van der Waals surface area (Å²) >= 11 is 5.30. The van der Waals surface area contributed by atoms with Gasteiger partial charge in [0, 0.05) is 11.3 Å². The van der Waals surface area contributed by atoms with Crippen LogP contribution in [0.15, 0.2) is 60.7 Å². The van der Waals surface area contributed by atoms with Gasteiger partial charge in [-0.05, 0) is 23.6 Å². The van der Waals surface area contributed by atoms with E-state index in [4.69, 9.17) is 12.2 Å². The number of H-pyrrole nitrogens is 1. The average molecular weight is 292 g/mol. The van der Waals surface area contributed by atoms with Crippen LogP contribution in [0.3, 0.4) is 0 Å². The van der Waals surface area contributed by atoms with Crippen LogP contribution in [0.1, 0.15) is 12.5 Å². The first-order chi connectivity index (χ1) is 10.3. The molecule has 21 heavy (non-hydrogen) atoms. The van der Waals surface area contributed by atoms with Crippen LogP contribution in [0, 0.1) is 4.64 Å². The predicted molar refractivity (Wildman–Crippen MR) is 89.7 cm³/mol. The van der Waals surface area contributed by atoms with Gasteiger partial charge in [0.05, 0.1) is 0 Å². The molecular formula is C18H16N2S. The minimum absolute atomic E-state index is 0.599. The summed E-state index contributed by atoms with van der Waals surface area (Å²) in [5.74, 6) is 0.809. The van der Waals surface area contributed by atoms with Gasteiger partial charge in [-0.1, -0.05) is 73.7 Å². The van der Waals surface area contributed by atoms with Crippen molar-refractivity contribution in [3.63, 3.8) is 0 Å². The summed E-state index contributed by atoms with van der Waals surface area (Å²) in [6.07, 6.45) is 1.04. The van der Waals surface area contributed by atoms with E-state index in [9.17, 15) is 0 Å². The first kappa shape index (κ1) is 13.7. The van der Waals surface area contributed by atoms with Gasteiger partial charge in [-0.2, -0.15) is 0 Å². The SMILES string of the molecule is CCc1ccc(-c2nc(=S)cc(-c3ccccc3)[nH]2)cc1. The smallest absolute Gasteiger partial charge is 0.139 e. The van der Waals surface area contributed by atoms with Gasteiger partial charge >= 0.3 is 0 Å². The van der Waals surface area contributed by atoms with Crippen molar-refractivity contribution in [2.75, 3.05) is 0 Å². The van der Waals surface area contributed by atoms with Gasteiger partial charge < -0.3 is 4.98 Å². The highest BCUT2D eigenvalue weighted by Gasteiger charge is 2.04. The molecule has 2 aromatic carbocycles. The lowest BCUT2D eigenvalue weighted by molar-refractivity contribution is 1.13. The van der Waals surface area contributed by atoms with Crippen LogP contribution in [0.25, 0.3) is 22.6 Å². The number of hydrogen-bond donors (Lipinski definition) is 1. The Balaban J connectivity index is 2.07. The van der Waals surface area contributed by atoms with E-state index in [0.717, 1.165) is 29.1 Å². The fraction of sp³-hybridized carbons (Fsp3) is 0.111. The molecule has 0 unspecified atom stereocenters. The molecule has 0 spiro atoms. The summed E-state index contributed by atoms with van der Waals surface area (Å²) in [4.78, 5) is 7.82. The van der Waals surface area contributed by atoms with Crippen molar-refractivity contribution < 1.29 is 0 Å². The summed E-state index contributed by atoms with van der Waals surface area (Å²) in [6, 6.07) is 20.5. The number of nitrogens with one attached hydrogen (secondary N) is 1. The largest absolute Gasteiger partial charge is 0.339 e. The Morgan fingerprint density at radius 3 is 2.33 bits per heavy atom. The van der Waals surface area contributed by atoms with Crippen molar-refractivity contribution in [1.82, 2.24) is 9.97 Å². The predicted octanol–water partition coefficient (Wildman–Crippen LogP) is 5.04. The van der Waals surface area contributed by atoms with Crippen molar-refractivity contribution in [2.24, 2.45) is 0 Å². The maximum atomic E-state index is 5.30. The highest BCUT2D eigenvalue weighted by atomic mass is 32.1. The number of hydrogen-bond acceptors (Lipinski definition) is 2. The van der Waals surface area contributed by atoms with Gasteiger partial charge in [0.2, 0.25) is 0 Å². The van der Waals surface area contributed by atoms with Crippen molar-refractivity contribution >= 4 is 12.2 Å². The topological polar surface area (TPSA) is 28.7 Å². The minimum Gasteiger partial charge on any atom is -0.339 e. The lowest BCUT2D eigenvalue weighted by Crippen LogP contribution is -1.93. The van der Waals surface area contributed by atoms with Crippen LogP contribution < -0.4 is 0 Å². The number of nitrogens with zero attached hydrogens (tertiary/aromatic N) is 1. The van der Waals surface area contributed by atoms with Gasteiger partial charge in [0.25, 0.3) is 0 Å². The molecule has 0 aliphatic heterocycles. The van der Waals surface area contributed by atoms with Gasteiger partial charge in [-0.25, -0.2) is 4.98 Å². The molecule has 2 nitrogen and oxygen atoms in total. The molecule has 1 heterocycles. The first-order valence-electron chi connectivity index (χ1n) is 7.02. The molecule has 3 aromatic rings. The summed E-state index contributed by atoms with van der Waals surface area (Å²) in [5, 5.41) is 0. The zero-order valence-electron chi connectivity index (χ0n) is 11.8. The highest BCUT2D eigenvalue weighted by Crippen LogP contribution is 2.21. The Bertz CT molecular complexity index is 789. The normalized spacial score (nSPS) is 10.5. The molecule has 0 aliphatic rings. The van der Waals surface area contributed by atoms with Crippen molar-refractivity contribution in [2.45, 2.75) is 13.3 Å². The second-order valence-corrected chi connectivity index (χ2v) is 5.32. The lowest BCUT2D eigenvalue weighted by Gasteiger charge is -2.07. The molecule has 0 saturated carbocycles. The Kier molecular flexibility index (Phi) is 3.93. The van der Waals surface area contributed by atoms with E-state index in [0.29, 0.717) is 4.64 Å². The molecule has 0 atom stereocenters. The molecule has 3 rings (SSSR count). The van der Waals surface area contributed by atoms with Gasteiger partial charge in [-0.3, -0.25) is 0 Å². The van der Waals surface area contributed by atoms with E-state index in [2.05, 4.69) is 53.3 Å². The lowest BCUT2D eigenvalue weighted by atomic mass is 10.1. The number of aromatic amines is 1. The van der Waals surface area contributed by atoms with Crippen LogP contribution in [-0.4, -0.2) is 9.97 Å². The molecule has 0 aliphatic carbocycles. The monoisotopic (exact) mass is 292 g/mol. The van der Waals surface area contributed by atoms with E-state index in [1.807, 2.05) is 24.3 Å². The van der Waals surface area contributed by atoms with E-state index in [1.54, 1.807) is 0 Å². The van der Waals surface area contributed by atoms with E-state index in [1.165, 1.54) is 5.56 Å². The minimum atomic E-state index is 0.599. The summed E-state index contributed by atoms with van der Waals surface area (Å²) in [7, 11) is 0. The molecular weight excluding hydrogens is 276 g/mol. The molecule has 0 bridgehead atoms. The third-order valence-corrected chi connectivity index (χ3v) is 3.67. The summed E-state index contributed by atoms with van der Waals surface area (Å²) in [6.45, 7) is 2.15. The molecule has 104 valence electrons. The molecule has 1 N–H and O–H groups in total. The molecule has 0 fully saturated rings. The van der Waals surface area contributed by atoms with Gasteiger partial charge in [0.1, 0.15) is 10.5 Å². The fourth-order valence-electron chi connectivity index (χ4n) is 2.27. The Morgan fingerprint density at radius 1 is 0.952 bits per heavy atom. The average Bonchev–Trinajstić information content (AvgIpc) is 2.55. The molecule has 0 amide bonds. The Hall–Kier alpha value is -2.26. The molecule has 0 saturated heterocycles. The number of aromatic nitrogens is 2. The highest BCUT2D eigenvalue weighted by molar-refractivity contribution is 7.71. The zero-order chi connectivity index (χ0) is 14.7. The van der Waals surface area contributed by atoms with Crippen LogP contribution in [0.2, 0.25) is 0 Å². The second-order valence-electron chi connectivity index (χ2n) is 4.90. The number of aryl methyl sites for hydroxylation is 1.